The van der Waals surface area contributed by atoms with Gasteiger partial charge in [-0.25, -0.2) is 4.98 Å². The van der Waals surface area contributed by atoms with Crippen LogP contribution >= 0.6 is 0 Å². The molecule has 1 aliphatic rings. The van der Waals surface area contributed by atoms with E-state index in [4.69, 9.17) is 0 Å². The van der Waals surface area contributed by atoms with Crippen LogP contribution in [-0.4, -0.2) is 51.9 Å². The fraction of sp³-hybridized carbons (Fsp3) is 0.421. The Labute approximate surface area is 153 Å². The van der Waals surface area contributed by atoms with E-state index in [1.54, 1.807) is 17.3 Å². The molecule has 1 fully saturated rings. The van der Waals surface area contributed by atoms with Gasteiger partial charge in [-0.15, -0.1) is 0 Å². The van der Waals surface area contributed by atoms with Crippen molar-refractivity contribution in [3.05, 3.63) is 54.1 Å². The molecule has 0 saturated carbocycles. The molecule has 3 N–H and O–H groups in total. The SMILES string of the molecule is CC1CN(C(=O)C(=O)NC(Cc2ncc[nH]2)c2ccccc2)CC(C)N1. The summed E-state index contributed by atoms with van der Waals surface area (Å²) in [5.41, 5.74) is 0.937. The van der Waals surface area contributed by atoms with Crippen molar-refractivity contribution in [1.82, 2.24) is 25.5 Å². The minimum atomic E-state index is -0.577. The fourth-order valence-electron chi connectivity index (χ4n) is 3.40. The molecule has 3 atom stereocenters. The summed E-state index contributed by atoms with van der Waals surface area (Å²) in [6, 6.07) is 9.64. The third-order valence-electron chi connectivity index (χ3n) is 4.50. The van der Waals surface area contributed by atoms with Gasteiger partial charge in [0.1, 0.15) is 5.82 Å². The lowest BCUT2D eigenvalue weighted by molar-refractivity contribution is -0.147. The lowest BCUT2D eigenvalue weighted by atomic mass is 10.0. The number of hydrogen-bond donors (Lipinski definition) is 3. The Morgan fingerprint density at radius 1 is 1.23 bits per heavy atom. The van der Waals surface area contributed by atoms with E-state index in [1.807, 2.05) is 44.2 Å². The second-order valence-corrected chi connectivity index (χ2v) is 6.86. The van der Waals surface area contributed by atoms with Crippen LogP contribution in [0.15, 0.2) is 42.7 Å². The molecule has 7 heteroatoms. The van der Waals surface area contributed by atoms with Gasteiger partial charge in [-0.2, -0.15) is 0 Å². The molecule has 0 bridgehead atoms. The number of piperazine rings is 1. The molecule has 1 aromatic heterocycles. The van der Waals surface area contributed by atoms with Crippen molar-refractivity contribution in [3.8, 4) is 0 Å². The van der Waals surface area contributed by atoms with E-state index in [2.05, 4.69) is 20.6 Å². The number of hydrogen-bond acceptors (Lipinski definition) is 4. The molecule has 1 aromatic carbocycles. The maximum Gasteiger partial charge on any atom is 0.312 e. The van der Waals surface area contributed by atoms with Crippen LogP contribution < -0.4 is 10.6 Å². The summed E-state index contributed by atoms with van der Waals surface area (Å²) in [6.07, 6.45) is 3.91. The molecule has 2 amide bonds. The third kappa shape index (κ3) is 4.49. The van der Waals surface area contributed by atoms with Crippen molar-refractivity contribution in [3.63, 3.8) is 0 Å². The van der Waals surface area contributed by atoms with E-state index in [1.165, 1.54) is 0 Å². The maximum absolute atomic E-state index is 12.6. The Balaban J connectivity index is 1.71. The van der Waals surface area contributed by atoms with Gasteiger partial charge in [-0.3, -0.25) is 9.59 Å². The van der Waals surface area contributed by atoms with Gasteiger partial charge in [0.15, 0.2) is 0 Å². The molecule has 138 valence electrons. The second kappa shape index (κ2) is 8.14. The smallest absolute Gasteiger partial charge is 0.312 e. The highest BCUT2D eigenvalue weighted by Crippen LogP contribution is 2.17. The van der Waals surface area contributed by atoms with Crippen LogP contribution in [0.3, 0.4) is 0 Å². The summed E-state index contributed by atoms with van der Waals surface area (Å²) in [5.74, 6) is -0.298. The molecule has 1 aliphatic heterocycles. The first kappa shape index (κ1) is 18.1. The number of nitrogens with one attached hydrogen (secondary N) is 3. The van der Waals surface area contributed by atoms with E-state index in [-0.39, 0.29) is 18.1 Å². The molecule has 2 heterocycles. The molecule has 3 rings (SSSR count). The number of amides is 2. The molecule has 0 spiro atoms. The Kier molecular flexibility index (Phi) is 5.68. The number of nitrogens with zero attached hydrogens (tertiary/aromatic N) is 2. The summed E-state index contributed by atoms with van der Waals surface area (Å²) in [5, 5.41) is 6.25. The maximum atomic E-state index is 12.6. The number of carbonyl (C=O) groups is 2. The number of rotatable bonds is 4. The highest BCUT2D eigenvalue weighted by molar-refractivity contribution is 6.35. The average Bonchev–Trinajstić information content (AvgIpc) is 3.13. The van der Waals surface area contributed by atoms with Gasteiger partial charge < -0.3 is 20.5 Å². The first-order valence-corrected chi connectivity index (χ1v) is 8.92. The van der Waals surface area contributed by atoms with E-state index < -0.39 is 11.8 Å². The zero-order valence-corrected chi connectivity index (χ0v) is 15.1. The van der Waals surface area contributed by atoms with Crippen LogP contribution in [-0.2, 0) is 16.0 Å². The van der Waals surface area contributed by atoms with E-state index in [0.717, 1.165) is 11.4 Å². The average molecular weight is 355 g/mol. The predicted molar refractivity (Wildman–Crippen MR) is 98.3 cm³/mol. The standard InChI is InChI=1S/C19H25N5O2/c1-13-11-24(12-14(2)22-13)19(26)18(25)23-16(10-17-20-8-9-21-17)15-6-4-3-5-7-15/h3-9,13-14,16,22H,10-12H2,1-2H3,(H,20,21)(H,23,25). The van der Waals surface area contributed by atoms with Crippen molar-refractivity contribution in [1.29, 1.82) is 0 Å². The highest BCUT2D eigenvalue weighted by Gasteiger charge is 2.30. The highest BCUT2D eigenvalue weighted by atomic mass is 16.2. The molecule has 7 nitrogen and oxygen atoms in total. The van der Waals surface area contributed by atoms with Gasteiger partial charge in [0, 0.05) is 44.0 Å². The number of benzene rings is 1. The first-order valence-electron chi connectivity index (χ1n) is 8.92. The van der Waals surface area contributed by atoms with Gasteiger partial charge in [0.2, 0.25) is 0 Å². The zero-order chi connectivity index (χ0) is 18.5. The van der Waals surface area contributed by atoms with Gasteiger partial charge in [-0.05, 0) is 19.4 Å². The summed E-state index contributed by atoms with van der Waals surface area (Å²) < 4.78 is 0. The molecular weight excluding hydrogens is 330 g/mol. The number of aromatic nitrogens is 2. The summed E-state index contributed by atoms with van der Waals surface area (Å²) >= 11 is 0. The molecule has 0 radical (unpaired) electrons. The Morgan fingerprint density at radius 3 is 2.54 bits per heavy atom. The number of aromatic amines is 1. The van der Waals surface area contributed by atoms with Gasteiger partial charge in [0.05, 0.1) is 6.04 Å². The van der Waals surface area contributed by atoms with E-state index in [9.17, 15) is 9.59 Å². The Morgan fingerprint density at radius 2 is 1.92 bits per heavy atom. The van der Waals surface area contributed by atoms with Crippen LogP contribution in [0.25, 0.3) is 0 Å². The lowest BCUT2D eigenvalue weighted by Gasteiger charge is -2.35. The Bertz CT molecular complexity index is 722. The number of H-pyrrole nitrogens is 1. The largest absolute Gasteiger partial charge is 0.349 e. The molecule has 2 aromatic rings. The third-order valence-corrected chi connectivity index (χ3v) is 4.50. The fourth-order valence-corrected chi connectivity index (χ4v) is 3.40. The lowest BCUT2D eigenvalue weighted by Crippen LogP contribution is -2.58. The quantitative estimate of drug-likeness (QED) is 0.714. The van der Waals surface area contributed by atoms with Crippen molar-refractivity contribution in [2.45, 2.75) is 38.4 Å². The van der Waals surface area contributed by atoms with E-state index in [0.29, 0.717) is 19.5 Å². The van der Waals surface area contributed by atoms with Crippen LogP contribution in [0, 0.1) is 0 Å². The monoisotopic (exact) mass is 355 g/mol. The van der Waals surface area contributed by atoms with Crippen LogP contribution in [0.1, 0.15) is 31.3 Å². The number of carbonyl (C=O) groups excluding carboxylic acids is 2. The summed E-state index contributed by atoms with van der Waals surface area (Å²) in [4.78, 5) is 34.1. The van der Waals surface area contributed by atoms with Gasteiger partial charge >= 0.3 is 11.8 Å². The topological polar surface area (TPSA) is 90.1 Å². The second-order valence-electron chi connectivity index (χ2n) is 6.86. The summed E-state index contributed by atoms with van der Waals surface area (Å²) in [6.45, 7) is 5.09. The molecular formula is C19H25N5O2. The minimum Gasteiger partial charge on any atom is -0.349 e. The molecule has 3 unspecified atom stereocenters. The minimum absolute atomic E-state index is 0.170. The van der Waals surface area contributed by atoms with E-state index >= 15 is 0 Å². The molecule has 1 saturated heterocycles. The summed E-state index contributed by atoms with van der Waals surface area (Å²) in [7, 11) is 0. The zero-order valence-electron chi connectivity index (χ0n) is 15.1. The normalized spacial score (nSPS) is 21.2. The van der Waals surface area contributed by atoms with Gasteiger partial charge in [0.25, 0.3) is 0 Å². The van der Waals surface area contributed by atoms with Crippen LogP contribution in [0.5, 0.6) is 0 Å². The first-order chi connectivity index (χ1) is 12.5. The molecule has 0 aliphatic carbocycles. The van der Waals surface area contributed by atoms with Crippen molar-refractivity contribution in [2.75, 3.05) is 13.1 Å². The van der Waals surface area contributed by atoms with Crippen molar-refractivity contribution < 1.29 is 9.59 Å². The number of imidazole rings is 1. The predicted octanol–water partition coefficient (Wildman–Crippen LogP) is 1.02. The Hall–Kier alpha value is -2.67. The van der Waals surface area contributed by atoms with Crippen molar-refractivity contribution >= 4 is 11.8 Å². The van der Waals surface area contributed by atoms with Crippen molar-refractivity contribution in [2.24, 2.45) is 0 Å². The van der Waals surface area contributed by atoms with Gasteiger partial charge in [-0.1, -0.05) is 30.3 Å². The molecule has 26 heavy (non-hydrogen) atoms. The van der Waals surface area contributed by atoms with Crippen LogP contribution in [0.4, 0.5) is 0 Å². The van der Waals surface area contributed by atoms with Crippen LogP contribution in [0.2, 0.25) is 0 Å².